The number of ether oxygens (including phenoxy) is 1. The summed E-state index contributed by atoms with van der Waals surface area (Å²) in [4.78, 5) is 18.2. The van der Waals surface area contributed by atoms with Gasteiger partial charge in [-0.2, -0.15) is 0 Å². The quantitative estimate of drug-likeness (QED) is 0.865. The number of amides is 1. The maximum atomic E-state index is 12.3. The Morgan fingerprint density at radius 2 is 2.00 bits per heavy atom. The summed E-state index contributed by atoms with van der Waals surface area (Å²) in [5.41, 5.74) is 1.79. The molecule has 0 radical (unpaired) electrons. The Hall–Kier alpha value is -1.88. The number of thiazole rings is 1. The third-order valence-corrected chi connectivity index (χ3v) is 4.82. The number of aryl methyl sites for hydroxylation is 2. The van der Waals surface area contributed by atoms with Crippen molar-refractivity contribution in [1.29, 1.82) is 0 Å². The van der Waals surface area contributed by atoms with E-state index in [9.17, 15) is 4.79 Å². The summed E-state index contributed by atoms with van der Waals surface area (Å²) in [6.45, 7) is 2.56. The molecule has 0 atom stereocenters. The van der Waals surface area contributed by atoms with Crippen LogP contribution < -0.4 is 10.1 Å². The van der Waals surface area contributed by atoms with Crippen LogP contribution in [0.3, 0.4) is 0 Å². The lowest BCUT2D eigenvalue weighted by Gasteiger charge is -2.05. The van der Waals surface area contributed by atoms with Crippen LogP contribution in [0.4, 0.5) is 5.13 Å². The second-order valence-electron chi connectivity index (χ2n) is 5.36. The lowest BCUT2D eigenvalue weighted by molar-refractivity contribution is 0.102. The molecule has 0 unspecified atom stereocenters. The lowest BCUT2D eigenvalue weighted by Crippen LogP contribution is -2.11. The first kappa shape index (κ1) is 15.0. The zero-order chi connectivity index (χ0) is 15.4. The van der Waals surface area contributed by atoms with Gasteiger partial charge in [0.15, 0.2) is 5.13 Å². The Labute approximate surface area is 134 Å². The van der Waals surface area contributed by atoms with Crippen LogP contribution in [0.2, 0.25) is 0 Å². The highest BCUT2D eigenvalue weighted by atomic mass is 32.1. The molecule has 1 aromatic heterocycles. The summed E-state index contributed by atoms with van der Waals surface area (Å²) < 4.78 is 5.38. The lowest BCUT2D eigenvalue weighted by atomic mass is 10.2. The number of fused-ring (bicyclic) bond motifs is 1. The summed E-state index contributed by atoms with van der Waals surface area (Å²) in [6.07, 6.45) is 5.82. The van der Waals surface area contributed by atoms with Crippen LogP contribution in [0.15, 0.2) is 24.3 Å². The van der Waals surface area contributed by atoms with Crippen LogP contribution in [-0.4, -0.2) is 17.5 Å². The van der Waals surface area contributed by atoms with E-state index in [1.165, 1.54) is 29.8 Å². The number of benzene rings is 1. The standard InChI is InChI=1S/C17H20N2O2S/c1-2-21-13-10-8-12(9-11-13)16(20)19-17-18-14-6-4-3-5-7-15(14)22-17/h8-11H,2-7H2,1H3,(H,18,19,20). The first-order valence-corrected chi connectivity index (χ1v) is 8.60. The molecule has 1 aliphatic rings. The maximum Gasteiger partial charge on any atom is 0.257 e. The fourth-order valence-electron chi connectivity index (χ4n) is 2.62. The molecule has 5 heteroatoms. The van der Waals surface area contributed by atoms with Crippen molar-refractivity contribution in [2.24, 2.45) is 0 Å². The molecule has 3 rings (SSSR count). The largest absolute Gasteiger partial charge is 0.494 e. The zero-order valence-corrected chi connectivity index (χ0v) is 13.5. The van der Waals surface area contributed by atoms with Gasteiger partial charge in [-0.25, -0.2) is 4.98 Å². The summed E-state index contributed by atoms with van der Waals surface area (Å²) in [5, 5.41) is 3.63. The number of carbonyl (C=O) groups is 1. The Kier molecular flexibility index (Phi) is 4.73. The molecule has 1 amide bonds. The van der Waals surface area contributed by atoms with Crippen LogP contribution in [-0.2, 0) is 12.8 Å². The molecule has 0 bridgehead atoms. The molecule has 0 saturated carbocycles. The van der Waals surface area contributed by atoms with E-state index in [-0.39, 0.29) is 5.91 Å². The highest BCUT2D eigenvalue weighted by Gasteiger charge is 2.16. The number of carbonyl (C=O) groups excluding carboxylic acids is 1. The summed E-state index contributed by atoms with van der Waals surface area (Å²) >= 11 is 1.62. The van der Waals surface area contributed by atoms with E-state index >= 15 is 0 Å². The van der Waals surface area contributed by atoms with Crippen molar-refractivity contribution in [3.05, 3.63) is 40.4 Å². The third-order valence-electron chi connectivity index (χ3n) is 3.74. The molecule has 1 aromatic carbocycles. The van der Waals surface area contributed by atoms with Crippen molar-refractivity contribution in [3.8, 4) is 5.75 Å². The maximum absolute atomic E-state index is 12.3. The van der Waals surface area contributed by atoms with Gasteiger partial charge in [-0.3, -0.25) is 10.1 Å². The van der Waals surface area contributed by atoms with Crippen LogP contribution in [0.5, 0.6) is 5.75 Å². The Morgan fingerprint density at radius 1 is 1.23 bits per heavy atom. The summed E-state index contributed by atoms with van der Waals surface area (Å²) in [6, 6.07) is 7.18. The highest BCUT2D eigenvalue weighted by Crippen LogP contribution is 2.29. The van der Waals surface area contributed by atoms with Gasteiger partial charge in [0, 0.05) is 10.4 Å². The fourth-order valence-corrected chi connectivity index (χ4v) is 3.67. The van der Waals surface area contributed by atoms with Crippen molar-refractivity contribution in [2.45, 2.75) is 39.0 Å². The molecule has 0 spiro atoms. The summed E-state index contributed by atoms with van der Waals surface area (Å²) in [7, 11) is 0. The van der Waals surface area contributed by atoms with Gasteiger partial charge in [-0.1, -0.05) is 6.42 Å². The van der Waals surface area contributed by atoms with E-state index in [2.05, 4.69) is 10.3 Å². The molecule has 116 valence electrons. The SMILES string of the molecule is CCOc1ccc(C(=O)Nc2nc3c(s2)CCCCC3)cc1. The second kappa shape index (κ2) is 6.92. The first-order chi connectivity index (χ1) is 10.8. The van der Waals surface area contributed by atoms with Crippen LogP contribution in [0.25, 0.3) is 0 Å². The monoisotopic (exact) mass is 316 g/mol. The molecule has 1 heterocycles. The molecular formula is C17H20N2O2S. The van der Waals surface area contributed by atoms with Gasteiger partial charge in [0.05, 0.1) is 12.3 Å². The van der Waals surface area contributed by atoms with E-state index in [0.29, 0.717) is 17.3 Å². The molecular weight excluding hydrogens is 296 g/mol. The summed E-state index contributed by atoms with van der Waals surface area (Å²) in [5.74, 6) is 0.659. The molecule has 1 N–H and O–H groups in total. The van der Waals surface area contributed by atoms with Crippen LogP contribution in [0.1, 0.15) is 47.1 Å². The Balaban J connectivity index is 1.68. The molecule has 1 aliphatic carbocycles. The molecule has 0 fully saturated rings. The fraction of sp³-hybridized carbons (Fsp3) is 0.412. The van der Waals surface area contributed by atoms with Crippen molar-refractivity contribution in [3.63, 3.8) is 0 Å². The topological polar surface area (TPSA) is 51.2 Å². The minimum Gasteiger partial charge on any atom is -0.494 e. The van der Waals surface area contributed by atoms with Gasteiger partial charge in [0.2, 0.25) is 0 Å². The first-order valence-electron chi connectivity index (χ1n) is 7.79. The number of aromatic nitrogens is 1. The Morgan fingerprint density at radius 3 is 2.77 bits per heavy atom. The van der Waals surface area contributed by atoms with Crippen molar-refractivity contribution < 1.29 is 9.53 Å². The average Bonchev–Trinajstić information content (AvgIpc) is 2.77. The van der Waals surface area contributed by atoms with Crippen molar-refractivity contribution >= 4 is 22.4 Å². The smallest absolute Gasteiger partial charge is 0.257 e. The molecule has 0 aliphatic heterocycles. The zero-order valence-electron chi connectivity index (χ0n) is 12.7. The molecule has 4 nitrogen and oxygen atoms in total. The van der Waals surface area contributed by atoms with Gasteiger partial charge in [-0.05, 0) is 56.9 Å². The van der Waals surface area contributed by atoms with Crippen molar-refractivity contribution in [1.82, 2.24) is 4.98 Å². The van der Waals surface area contributed by atoms with E-state index < -0.39 is 0 Å². The second-order valence-corrected chi connectivity index (χ2v) is 6.44. The van der Waals surface area contributed by atoms with E-state index in [0.717, 1.165) is 18.6 Å². The number of hydrogen-bond acceptors (Lipinski definition) is 4. The predicted molar refractivity (Wildman–Crippen MR) is 88.9 cm³/mol. The third kappa shape index (κ3) is 3.47. The van der Waals surface area contributed by atoms with Gasteiger partial charge in [-0.15, -0.1) is 11.3 Å². The van der Waals surface area contributed by atoms with E-state index in [1.54, 1.807) is 23.5 Å². The van der Waals surface area contributed by atoms with Crippen LogP contribution >= 0.6 is 11.3 Å². The predicted octanol–water partition coefficient (Wildman–Crippen LogP) is 4.06. The van der Waals surface area contributed by atoms with Gasteiger partial charge >= 0.3 is 0 Å². The minimum atomic E-state index is -0.119. The minimum absolute atomic E-state index is 0.119. The number of rotatable bonds is 4. The van der Waals surface area contributed by atoms with Gasteiger partial charge in [0.25, 0.3) is 5.91 Å². The average molecular weight is 316 g/mol. The van der Waals surface area contributed by atoms with E-state index in [1.807, 2.05) is 19.1 Å². The Bertz CT molecular complexity index is 626. The molecule has 2 aromatic rings. The van der Waals surface area contributed by atoms with Crippen LogP contribution in [0, 0.1) is 0 Å². The van der Waals surface area contributed by atoms with E-state index in [4.69, 9.17) is 4.74 Å². The van der Waals surface area contributed by atoms with Gasteiger partial charge in [0.1, 0.15) is 5.75 Å². The number of nitrogens with one attached hydrogen (secondary N) is 1. The molecule has 0 saturated heterocycles. The number of hydrogen-bond donors (Lipinski definition) is 1. The van der Waals surface area contributed by atoms with Gasteiger partial charge < -0.3 is 4.74 Å². The van der Waals surface area contributed by atoms with Crippen molar-refractivity contribution in [2.75, 3.05) is 11.9 Å². The number of nitrogens with zero attached hydrogens (tertiary/aromatic N) is 1. The molecule has 22 heavy (non-hydrogen) atoms. The normalized spacial score (nSPS) is 14.0. The highest BCUT2D eigenvalue weighted by molar-refractivity contribution is 7.15. The number of anilines is 1.